The molecular weight excluding hydrogens is 178 g/mol. The normalized spacial score (nSPS) is 16.0. The molecule has 1 aliphatic rings. The molecule has 4 nitrogen and oxygen atoms in total. The summed E-state index contributed by atoms with van der Waals surface area (Å²) in [4.78, 5) is 4.00. The fourth-order valence-corrected chi connectivity index (χ4v) is 1.57. The van der Waals surface area contributed by atoms with Gasteiger partial charge in [-0.3, -0.25) is 5.10 Å². The van der Waals surface area contributed by atoms with Gasteiger partial charge in [0.15, 0.2) is 0 Å². The molecule has 0 saturated heterocycles. The van der Waals surface area contributed by atoms with Gasteiger partial charge in [-0.05, 0) is 25.2 Å². The molecule has 0 bridgehead atoms. The molecule has 1 radical (unpaired) electrons. The number of aromatic nitrogens is 3. The summed E-state index contributed by atoms with van der Waals surface area (Å²) in [5, 5.41) is 7.07. The van der Waals surface area contributed by atoms with E-state index in [1.807, 2.05) is 6.20 Å². The predicted molar refractivity (Wildman–Crippen MR) is 49.3 cm³/mol. The van der Waals surface area contributed by atoms with E-state index in [4.69, 9.17) is 4.42 Å². The quantitative estimate of drug-likeness (QED) is 0.799. The molecule has 0 unspecified atom stereocenters. The number of oxazole rings is 1. The van der Waals surface area contributed by atoms with Crippen molar-refractivity contribution in [2.45, 2.75) is 19.3 Å². The van der Waals surface area contributed by atoms with E-state index in [-0.39, 0.29) is 0 Å². The molecule has 0 aliphatic heterocycles. The van der Waals surface area contributed by atoms with Gasteiger partial charge >= 0.3 is 0 Å². The Kier molecular flexibility index (Phi) is 1.65. The third kappa shape index (κ3) is 1.32. The second-order valence-electron chi connectivity index (χ2n) is 3.67. The van der Waals surface area contributed by atoms with Crippen molar-refractivity contribution in [3.63, 3.8) is 0 Å². The second-order valence-corrected chi connectivity index (χ2v) is 3.67. The van der Waals surface area contributed by atoms with Crippen molar-refractivity contribution in [3.8, 4) is 11.5 Å². The van der Waals surface area contributed by atoms with E-state index in [1.54, 1.807) is 0 Å². The molecule has 0 spiro atoms. The Morgan fingerprint density at radius 3 is 3.21 bits per heavy atom. The average molecular weight is 188 g/mol. The number of rotatable bonds is 3. The summed E-state index contributed by atoms with van der Waals surface area (Å²) in [5.41, 5.74) is 2.03. The molecule has 4 heteroatoms. The van der Waals surface area contributed by atoms with Gasteiger partial charge in [0.1, 0.15) is 12.5 Å². The van der Waals surface area contributed by atoms with Crippen LogP contribution in [0.25, 0.3) is 11.5 Å². The lowest BCUT2D eigenvalue weighted by atomic mass is 10.1. The molecule has 0 atom stereocenters. The van der Waals surface area contributed by atoms with E-state index in [2.05, 4.69) is 21.4 Å². The first kappa shape index (κ1) is 7.79. The maximum Gasteiger partial charge on any atom is 0.230 e. The van der Waals surface area contributed by atoms with E-state index in [0.717, 1.165) is 23.6 Å². The van der Waals surface area contributed by atoms with E-state index in [0.29, 0.717) is 5.89 Å². The minimum atomic E-state index is 0.606. The monoisotopic (exact) mass is 188 g/mol. The third-order valence-corrected chi connectivity index (χ3v) is 2.52. The number of aromatic amines is 1. The van der Waals surface area contributed by atoms with Crippen LogP contribution in [-0.2, 0) is 6.42 Å². The molecule has 1 fully saturated rings. The van der Waals surface area contributed by atoms with Gasteiger partial charge in [-0.2, -0.15) is 5.10 Å². The fourth-order valence-electron chi connectivity index (χ4n) is 1.57. The van der Waals surface area contributed by atoms with Gasteiger partial charge < -0.3 is 4.42 Å². The van der Waals surface area contributed by atoms with Crippen LogP contribution >= 0.6 is 0 Å². The standard InChI is InChI=1S/C10H10N3O/c1-2-7(1)5-9-8(6-12-13-9)10-11-3-4-14-10/h4,6-7H,1-2,5H2,(H,12,13). The van der Waals surface area contributed by atoms with E-state index in [1.165, 1.54) is 19.1 Å². The highest BCUT2D eigenvalue weighted by Crippen LogP contribution is 2.34. The summed E-state index contributed by atoms with van der Waals surface area (Å²) in [6.45, 7) is 0. The van der Waals surface area contributed by atoms with Gasteiger partial charge in [0.05, 0.1) is 11.3 Å². The highest BCUT2D eigenvalue weighted by Gasteiger charge is 2.25. The molecule has 2 aromatic rings. The van der Waals surface area contributed by atoms with Crippen LogP contribution in [0.4, 0.5) is 0 Å². The van der Waals surface area contributed by atoms with Crippen LogP contribution < -0.4 is 0 Å². The highest BCUT2D eigenvalue weighted by molar-refractivity contribution is 5.54. The Balaban J connectivity index is 1.92. The summed E-state index contributed by atoms with van der Waals surface area (Å²) < 4.78 is 5.19. The Morgan fingerprint density at radius 1 is 1.57 bits per heavy atom. The highest BCUT2D eigenvalue weighted by atomic mass is 16.3. The maximum absolute atomic E-state index is 5.19. The summed E-state index contributed by atoms with van der Waals surface area (Å²) in [7, 11) is 0. The van der Waals surface area contributed by atoms with Crippen LogP contribution in [0.15, 0.2) is 16.9 Å². The molecule has 3 rings (SSSR count). The zero-order valence-electron chi connectivity index (χ0n) is 7.66. The van der Waals surface area contributed by atoms with E-state index in [9.17, 15) is 0 Å². The zero-order chi connectivity index (χ0) is 9.38. The minimum Gasteiger partial charge on any atom is -0.444 e. The number of nitrogens with zero attached hydrogens (tertiary/aromatic N) is 2. The van der Waals surface area contributed by atoms with Crippen molar-refractivity contribution in [2.75, 3.05) is 0 Å². The minimum absolute atomic E-state index is 0.606. The molecule has 1 aliphatic carbocycles. The Morgan fingerprint density at radius 2 is 2.50 bits per heavy atom. The van der Waals surface area contributed by atoms with Crippen molar-refractivity contribution in [1.82, 2.24) is 15.2 Å². The van der Waals surface area contributed by atoms with Crippen LogP contribution in [0.3, 0.4) is 0 Å². The number of hydrogen-bond donors (Lipinski definition) is 1. The van der Waals surface area contributed by atoms with Gasteiger partial charge in [-0.1, -0.05) is 0 Å². The van der Waals surface area contributed by atoms with Gasteiger partial charge in [-0.25, -0.2) is 4.98 Å². The largest absolute Gasteiger partial charge is 0.444 e. The average Bonchev–Trinajstić information content (AvgIpc) is 2.68. The Labute approximate surface area is 81.4 Å². The van der Waals surface area contributed by atoms with Gasteiger partial charge in [0.25, 0.3) is 0 Å². The molecule has 2 aromatic heterocycles. The Hall–Kier alpha value is -1.58. The summed E-state index contributed by atoms with van der Waals surface area (Å²) in [6.07, 6.45) is 9.62. The predicted octanol–water partition coefficient (Wildman–Crippen LogP) is 1.82. The molecule has 0 aromatic carbocycles. The smallest absolute Gasteiger partial charge is 0.230 e. The lowest BCUT2D eigenvalue weighted by Gasteiger charge is -1.95. The second kappa shape index (κ2) is 2.97. The fraction of sp³-hybridized carbons (Fsp3) is 0.400. The van der Waals surface area contributed by atoms with Crippen LogP contribution in [-0.4, -0.2) is 15.2 Å². The SMILES string of the molecule is [c]1coc(-c2c[nH]nc2CC2CC2)n1. The molecular formula is C10H10N3O. The van der Waals surface area contributed by atoms with Crippen molar-refractivity contribution in [1.29, 1.82) is 0 Å². The molecule has 1 N–H and O–H groups in total. The summed E-state index contributed by atoms with van der Waals surface area (Å²) in [6, 6.07) is 0. The third-order valence-electron chi connectivity index (χ3n) is 2.52. The van der Waals surface area contributed by atoms with Crippen molar-refractivity contribution in [2.24, 2.45) is 5.92 Å². The maximum atomic E-state index is 5.19. The first-order chi connectivity index (χ1) is 6.93. The molecule has 0 amide bonds. The number of hydrogen-bond acceptors (Lipinski definition) is 3. The molecule has 14 heavy (non-hydrogen) atoms. The van der Waals surface area contributed by atoms with Crippen LogP contribution in [0.2, 0.25) is 0 Å². The molecule has 2 heterocycles. The zero-order valence-corrected chi connectivity index (χ0v) is 7.66. The summed E-state index contributed by atoms with van der Waals surface area (Å²) >= 11 is 0. The van der Waals surface area contributed by atoms with Crippen molar-refractivity contribution >= 4 is 0 Å². The Bertz CT molecular complexity index is 414. The topological polar surface area (TPSA) is 54.7 Å². The van der Waals surface area contributed by atoms with E-state index >= 15 is 0 Å². The summed E-state index contributed by atoms with van der Waals surface area (Å²) in [5.74, 6) is 1.42. The lowest BCUT2D eigenvalue weighted by molar-refractivity contribution is 0.573. The van der Waals surface area contributed by atoms with Gasteiger partial charge in [0.2, 0.25) is 5.89 Å². The van der Waals surface area contributed by atoms with Gasteiger partial charge in [0, 0.05) is 6.20 Å². The van der Waals surface area contributed by atoms with Crippen LogP contribution in [0.5, 0.6) is 0 Å². The first-order valence-corrected chi connectivity index (χ1v) is 4.78. The number of H-pyrrole nitrogens is 1. The number of nitrogens with one attached hydrogen (secondary N) is 1. The van der Waals surface area contributed by atoms with Crippen LogP contribution in [0.1, 0.15) is 18.5 Å². The lowest BCUT2D eigenvalue weighted by Crippen LogP contribution is -1.90. The molecule has 71 valence electrons. The van der Waals surface area contributed by atoms with Crippen molar-refractivity contribution in [3.05, 3.63) is 24.4 Å². The van der Waals surface area contributed by atoms with Gasteiger partial charge in [-0.15, -0.1) is 0 Å². The van der Waals surface area contributed by atoms with Crippen molar-refractivity contribution < 1.29 is 4.42 Å². The molecule has 1 saturated carbocycles. The van der Waals surface area contributed by atoms with E-state index < -0.39 is 0 Å². The first-order valence-electron chi connectivity index (χ1n) is 4.78. The van der Waals surface area contributed by atoms with Crippen LogP contribution in [0, 0.1) is 12.1 Å².